The molecule has 3 aromatic rings. The van der Waals surface area contributed by atoms with E-state index >= 15 is 0 Å². The minimum Gasteiger partial charge on any atom is -0.457 e. The Bertz CT molecular complexity index is 1080. The summed E-state index contributed by atoms with van der Waals surface area (Å²) in [5, 5.41) is 23.6. The number of benzene rings is 3. The van der Waals surface area contributed by atoms with Crippen LogP contribution in [0.3, 0.4) is 0 Å². The number of hydrogen-bond acceptors (Lipinski definition) is 5. The number of non-ortho nitro benzene ring substituents is 1. The van der Waals surface area contributed by atoms with E-state index in [0.29, 0.717) is 11.8 Å². The molecule has 1 amide bonds. The molecule has 30 heavy (non-hydrogen) atoms. The first-order valence-electron chi connectivity index (χ1n) is 8.77. The lowest BCUT2D eigenvalue weighted by molar-refractivity contribution is -0.384. The molecule has 0 saturated heterocycles. The van der Waals surface area contributed by atoms with Gasteiger partial charge in [-0.1, -0.05) is 24.3 Å². The second kappa shape index (κ2) is 9.10. The van der Waals surface area contributed by atoms with Crippen LogP contribution in [0.5, 0.6) is 11.5 Å². The average Bonchev–Trinajstić information content (AvgIpc) is 2.72. The number of carbonyl (C=O) groups is 1. The molecule has 0 spiro atoms. The van der Waals surface area contributed by atoms with Gasteiger partial charge in [0.15, 0.2) is 0 Å². The first kappa shape index (κ1) is 20.9. The van der Waals surface area contributed by atoms with Crippen molar-refractivity contribution >= 4 is 11.6 Å². The molecule has 154 valence electrons. The van der Waals surface area contributed by atoms with Gasteiger partial charge in [0.05, 0.1) is 16.6 Å². The zero-order chi connectivity index (χ0) is 21.7. The van der Waals surface area contributed by atoms with Crippen molar-refractivity contribution in [2.75, 3.05) is 6.54 Å². The van der Waals surface area contributed by atoms with E-state index < -0.39 is 35.1 Å². The number of aliphatic hydroxyl groups excluding tert-OH is 1. The van der Waals surface area contributed by atoms with Crippen molar-refractivity contribution in [2.24, 2.45) is 0 Å². The Kier molecular flexibility index (Phi) is 6.33. The Labute approximate surface area is 169 Å². The topological polar surface area (TPSA) is 102 Å². The van der Waals surface area contributed by atoms with Gasteiger partial charge in [-0.05, 0) is 24.3 Å². The lowest BCUT2D eigenvalue weighted by Gasteiger charge is -2.15. The molecule has 1 atom stereocenters. The molecule has 1 unspecified atom stereocenters. The highest BCUT2D eigenvalue weighted by atomic mass is 19.1. The van der Waals surface area contributed by atoms with E-state index in [-0.39, 0.29) is 22.6 Å². The first-order chi connectivity index (χ1) is 14.3. The number of carbonyl (C=O) groups excluding carboxylic acids is 1. The van der Waals surface area contributed by atoms with Crippen molar-refractivity contribution in [3.8, 4) is 11.5 Å². The van der Waals surface area contributed by atoms with Crippen LogP contribution in [0.4, 0.5) is 14.5 Å². The number of nitro benzene ring substituents is 1. The summed E-state index contributed by atoms with van der Waals surface area (Å²) in [6.45, 7) is -0.408. The average molecular weight is 414 g/mol. The third-order valence-electron chi connectivity index (χ3n) is 4.17. The van der Waals surface area contributed by atoms with Crippen LogP contribution in [0.25, 0.3) is 0 Å². The monoisotopic (exact) mass is 414 g/mol. The number of halogens is 2. The molecule has 3 aromatic carbocycles. The van der Waals surface area contributed by atoms with Crippen LogP contribution in [0, 0.1) is 21.7 Å². The minimum absolute atomic E-state index is 0.0618. The zero-order valence-electron chi connectivity index (χ0n) is 15.4. The Morgan fingerprint density at radius 1 is 1.10 bits per heavy atom. The maximum Gasteiger partial charge on any atom is 0.270 e. The fraction of sp³-hybridized carbons (Fsp3) is 0.0952. The molecule has 0 aliphatic rings. The summed E-state index contributed by atoms with van der Waals surface area (Å²) in [6, 6.07) is 14.7. The third kappa shape index (κ3) is 4.95. The molecular formula is C21H16F2N2O5. The highest BCUT2D eigenvalue weighted by molar-refractivity contribution is 5.97. The van der Waals surface area contributed by atoms with E-state index in [0.717, 1.165) is 18.2 Å². The smallest absolute Gasteiger partial charge is 0.270 e. The van der Waals surface area contributed by atoms with Gasteiger partial charge >= 0.3 is 0 Å². The molecule has 0 heterocycles. The highest BCUT2D eigenvalue weighted by Crippen LogP contribution is 2.29. The van der Waals surface area contributed by atoms with Gasteiger partial charge in [-0.25, -0.2) is 8.78 Å². The van der Waals surface area contributed by atoms with Crippen molar-refractivity contribution < 1.29 is 28.3 Å². The molecule has 0 radical (unpaired) electrons. The molecule has 0 fully saturated rings. The Morgan fingerprint density at radius 2 is 1.83 bits per heavy atom. The van der Waals surface area contributed by atoms with Crippen LogP contribution in [0.1, 0.15) is 22.0 Å². The summed E-state index contributed by atoms with van der Waals surface area (Å²) < 4.78 is 32.4. The van der Waals surface area contributed by atoms with Gasteiger partial charge in [-0.15, -0.1) is 0 Å². The maximum atomic E-state index is 13.8. The summed E-state index contributed by atoms with van der Waals surface area (Å²) in [5.74, 6) is -2.06. The molecule has 0 aliphatic heterocycles. The molecule has 0 bridgehead atoms. The van der Waals surface area contributed by atoms with Gasteiger partial charge < -0.3 is 15.2 Å². The van der Waals surface area contributed by atoms with Crippen LogP contribution in [0.15, 0.2) is 66.7 Å². The maximum absolute atomic E-state index is 13.8. The predicted octanol–water partition coefficient (Wildman–Crippen LogP) is 4.13. The number of aliphatic hydroxyl groups is 1. The molecule has 9 heteroatoms. The molecule has 0 saturated carbocycles. The summed E-state index contributed by atoms with van der Waals surface area (Å²) in [5.41, 5.74) is -0.665. The molecular weight excluding hydrogens is 398 g/mol. The van der Waals surface area contributed by atoms with Crippen LogP contribution >= 0.6 is 0 Å². The summed E-state index contributed by atoms with van der Waals surface area (Å²) in [7, 11) is 0. The SMILES string of the molecule is O=C(NCC(O)c1ccc(F)cc1F)c1cc([N+](=O)[O-])ccc1Oc1ccccc1. The van der Waals surface area contributed by atoms with Crippen LogP contribution in [-0.4, -0.2) is 22.5 Å². The van der Waals surface area contributed by atoms with E-state index in [2.05, 4.69) is 5.32 Å². The van der Waals surface area contributed by atoms with Gasteiger partial charge in [-0.3, -0.25) is 14.9 Å². The molecule has 7 nitrogen and oxygen atoms in total. The molecule has 2 N–H and O–H groups in total. The van der Waals surface area contributed by atoms with Crippen molar-refractivity contribution in [3.63, 3.8) is 0 Å². The summed E-state index contributed by atoms with van der Waals surface area (Å²) in [6.07, 6.45) is -1.45. The number of rotatable bonds is 7. The molecule has 0 aliphatic carbocycles. The summed E-state index contributed by atoms with van der Waals surface area (Å²) in [4.78, 5) is 23.0. The number of ether oxygens (including phenoxy) is 1. The Balaban J connectivity index is 1.80. The lowest BCUT2D eigenvalue weighted by Crippen LogP contribution is -2.29. The first-order valence-corrected chi connectivity index (χ1v) is 8.77. The van der Waals surface area contributed by atoms with Gasteiger partial charge in [0.1, 0.15) is 23.1 Å². The lowest BCUT2D eigenvalue weighted by atomic mass is 10.1. The third-order valence-corrected chi connectivity index (χ3v) is 4.17. The minimum atomic E-state index is -1.45. The van der Waals surface area contributed by atoms with Crippen molar-refractivity contribution in [3.05, 3.63) is 99.6 Å². The number of amides is 1. The van der Waals surface area contributed by atoms with Crippen LogP contribution in [0.2, 0.25) is 0 Å². The quantitative estimate of drug-likeness (QED) is 0.447. The Morgan fingerprint density at radius 3 is 2.50 bits per heavy atom. The fourth-order valence-electron chi connectivity index (χ4n) is 2.68. The van der Waals surface area contributed by atoms with E-state index in [1.165, 1.54) is 12.1 Å². The van der Waals surface area contributed by atoms with Crippen molar-refractivity contribution in [1.82, 2.24) is 5.32 Å². The van der Waals surface area contributed by atoms with Crippen molar-refractivity contribution in [2.45, 2.75) is 6.10 Å². The highest BCUT2D eigenvalue weighted by Gasteiger charge is 2.20. The Hall–Kier alpha value is -3.85. The van der Waals surface area contributed by atoms with E-state index in [1.807, 2.05) is 0 Å². The second-order valence-electron chi connectivity index (χ2n) is 6.24. The van der Waals surface area contributed by atoms with Crippen LogP contribution < -0.4 is 10.1 Å². The number of para-hydroxylation sites is 1. The predicted molar refractivity (Wildman–Crippen MR) is 103 cm³/mol. The second-order valence-corrected chi connectivity index (χ2v) is 6.24. The van der Waals surface area contributed by atoms with Gasteiger partial charge in [0, 0.05) is 30.3 Å². The number of hydrogen-bond donors (Lipinski definition) is 2. The van der Waals surface area contributed by atoms with Crippen LogP contribution in [-0.2, 0) is 0 Å². The standard InChI is InChI=1S/C21H16F2N2O5/c22-13-6-8-16(18(23)10-13)19(26)12-24-21(27)17-11-14(25(28)29)7-9-20(17)30-15-4-2-1-3-5-15/h1-11,19,26H,12H2,(H,24,27). The fourth-order valence-corrected chi connectivity index (χ4v) is 2.68. The van der Waals surface area contributed by atoms with Gasteiger partial charge in [0.25, 0.3) is 11.6 Å². The molecule has 3 rings (SSSR count). The van der Waals surface area contributed by atoms with Gasteiger partial charge in [-0.2, -0.15) is 0 Å². The molecule has 0 aromatic heterocycles. The van der Waals surface area contributed by atoms with Gasteiger partial charge in [0.2, 0.25) is 0 Å². The number of nitro groups is 1. The largest absolute Gasteiger partial charge is 0.457 e. The van der Waals surface area contributed by atoms with Crippen molar-refractivity contribution in [1.29, 1.82) is 0 Å². The van der Waals surface area contributed by atoms with E-state index in [4.69, 9.17) is 4.74 Å². The number of nitrogens with zero attached hydrogens (tertiary/aromatic N) is 1. The normalized spacial score (nSPS) is 11.6. The zero-order valence-corrected chi connectivity index (χ0v) is 15.4. The van der Waals surface area contributed by atoms with E-state index in [9.17, 15) is 28.8 Å². The van der Waals surface area contributed by atoms with E-state index in [1.54, 1.807) is 30.3 Å². The number of nitrogens with one attached hydrogen (secondary N) is 1. The summed E-state index contributed by atoms with van der Waals surface area (Å²) >= 11 is 0.